The second-order valence-corrected chi connectivity index (χ2v) is 11.0. The molecule has 2 aromatic heterocycles. The number of hydrogen-bond acceptors (Lipinski definition) is 7. The SMILES string of the molecule is Cc1nc(-c2cc(Br)cc(C3CC34CCNCC4)c2)nc(-c2nnco2)c1N1CCC(F)(F)CC1. The number of anilines is 1. The first kappa shape index (κ1) is 23.0. The molecule has 1 aromatic carbocycles. The van der Waals surface area contributed by atoms with Gasteiger partial charge in [0.25, 0.3) is 11.8 Å². The highest BCUT2D eigenvalue weighted by Crippen LogP contribution is 2.64. The zero-order chi connectivity index (χ0) is 24.2. The molecule has 184 valence electrons. The van der Waals surface area contributed by atoms with Crippen molar-refractivity contribution in [2.45, 2.75) is 50.9 Å². The molecule has 1 aliphatic carbocycles. The van der Waals surface area contributed by atoms with E-state index in [9.17, 15) is 8.78 Å². The summed E-state index contributed by atoms with van der Waals surface area (Å²) in [7, 11) is 0. The topological polar surface area (TPSA) is 80.0 Å². The third-order valence-corrected chi connectivity index (χ3v) is 8.26. The van der Waals surface area contributed by atoms with E-state index in [0.717, 1.165) is 23.1 Å². The van der Waals surface area contributed by atoms with E-state index in [1.54, 1.807) is 0 Å². The van der Waals surface area contributed by atoms with Crippen LogP contribution in [0.15, 0.2) is 33.5 Å². The normalized spacial score (nSPS) is 23.0. The van der Waals surface area contributed by atoms with E-state index in [1.807, 2.05) is 17.9 Å². The maximum Gasteiger partial charge on any atom is 0.268 e. The summed E-state index contributed by atoms with van der Waals surface area (Å²) < 4.78 is 34.1. The maximum atomic E-state index is 13.8. The number of nitrogens with one attached hydrogen (secondary N) is 1. The Morgan fingerprint density at radius 1 is 1.09 bits per heavy atom. The average molecular weight is 545 g/mol. The van der Waals surface area contributed by atoms with Crippen LogP contribution in [-0.4, -0.2) is 52.3 Å². The Morgan fingerprint density at radius 3 is 2.57 bits per heavy atom. The number of aromatic nitrogens is 4. The van der Waals surface area contributed by atoms with Gasteiger partial charge in [-0.05, 0) is 74.4 Å². The van der Waals surface area contributed by atoms with Crippen molar-refractivity contribution in [2.24, 2.45) is 5.41 Å². The van der Waals surface area contributed by atoms with Gasteiger partial charge in [-0.25, -0.2) is 18.7 Å². The number of aryl methyl sites for hydroxylation is 1. The first-order valence-corrected chi connectivity index (χ1v) is 12.9. The Balaban J connectivity index is 1.39. The van der Waals surface area contributed by atoms with E-state index in [-0.39, 0.29) is 31.8 Å². The van der Waals surface area contributed by atoms with E-state index < -0.39 is 5.92 Å². The van der Waals surface area contributed by atoms with Crippen LogP contribution < -0.4 is 10.2 Å². The van der Waals surface area contributed by atoms with Gasteiger partial charge in [-0.15, -0.1) is 10.2 Å². The fourth-order valence-corrected chi connectivity index (χ4v) is 6.31. The van der Waals surface area contributed by atoms with Gasteiger partial charge in [-0.2, -0.15) is 0 Å². The van der Waals surface area contributed by atoms with Crippen LogP contribution in [0.2, 0.25) is 0 Å². The quantitative estimate of drug-likeness (QED) is 0.473. The Bertz CT molecular complexity index is 1240. The van der Waals surface area contributed by atoms with Crippen molar-refractivity contribution in [3.8, 4) is 23.0 Å². The molecule has 1 N–H and O–H groups in total. The molecule has 1 atom stereocenters. The van der Waals surface area contributed by atoms with Crippen LogP contribution in [0.4, 0.5) is 14.5 Å². The summed E-state index contributed by atoms with van der Waals surface area (Å²) in [6.07, 6.45) is 4.48. The lowest BCUT2D eigenvalue weighted by atomic mass is 9.89. The molecule has 3 aliphatic rings. The van der Waals surface area contributed by atoms with E-state index in [1.165, 1.54) is 31.2 Å². The van der Waals surface area contributed by atoms with E-state index >= 15 is 0 Å². The molecule has 35 heavy (non-hydrogen) atoms. The highest BCUT2D eigenvalue weighted by molar-refractivity contribution is 9.10. The molecule has 2 aliphatic heterocycles. The van der Waals surface area contributed by atoms with Crippen molar-refractivity contribution in [3.05, 3.63) is 40.3 Å². The van der Waals surface area contributed by atoms with Crippen LogP contribution in [-0.2, 0) is 0 Å². The summed E-state index contributed by atoms with van der Waals surface area (Å²) in [6, 6.07) is 6.42. The van der Waals surface area contributed by atoms with Crippen molar-refractivity contribution in [3.63, 3.8) is 0 Å². The van der Waals surface area contributed by atoms with Gasteiger partial charge < -0.3 is 14.6 Å². The van der Waals surface area contributed by atoms with Crippen LogP contribution in [0.3, 0.4) is 0 Å². The lowest BCUT2D eigenvalue weighted by molar-refractivity contribution is -0.0220. The molecule has 3 fully saturated rings. The molecule has 0 amide bonds. The zero-order valence-corrected chi connectivity index (χ0v) is 21.1. The third kappa shape index (κ3) is 4.35. The van der Waals surface area contributed by atoms with Gasteiger partial charge in [0.1, 0.15) is 0 Å². The van der Waals surface area contributed by atoms with Crippen LogP contribution in [0.5, 0.6) is 0 Å². The number of rotatable bonds is 4. The smallest absolute Gasteiger partial charge is 0.268 e. The second-order valence-electron chi connectivity index (χ2n) is 10.1. The van der Waals surface area contributed by atoms with Crippen molar-refractivity contribution >= 4 is 21.6 Å². The van der Waals surface area contributed by atoms with E-state index in [4.69, 9.17) is 14.4 Å². The molecule has 2 saturated heterocycles. The maximum absolute atomic E-state index is 13.8. The number of hydrogen-bond donors (Lipinski definition) is 1. The summed E-state index contributed by atoms with van der Waals surface area (Å²) in [4.78, 5) is 11.6. The molecular weight excluding hydrogens is 518 g/mol. The monoisotopic (exact) mass is 544 g/mol. The minimum atomic E-state index is -2.64. The lowest BCUT2D eigenvalue weighted by Crippen LogP contribution is -2.40. The van der Waals surface area contributed by atoms with Crippen molar-refractivity contribution < 1.29 is 13.2 Å². The molecule has 0 bridgehead atoms. The number of piperidine rings is 2. The van der Waals surface area contributed by atoms with E-state index in [2.05, 4.69) is 43.6 Å². The Kier molecular flexibility index (Phi) is 5.63. The summed E-state index contributed by atoms with van der Waals surface area (Å²) in [5, 5.41) is 11.4. The highest BCUT2D eigenvalue weighted by atomic mass is 79.9. The molecule has 1 saturated carbocycles. The minimum Gasteiger partial charge on any atom is -0.422 e. The van der Waals surface area contributed by atoms with Gasteiger partial charge in [0.15, 0.2) is 11.5 Å². The number of nitrogens with zero attached hydrogens (tertiary/aromatic N) is 5. The molecule has 0 radical (unpaired) electrons. The minimum absolute atomic E-state index is 0.203. The highest BCUT2D eigenvalue weighted by Gasteiger charge is 2.54. The summed E-state index contributed by atoms with van der Waals surface area (Å²) in [5.41, 5.74) is 4.49. The van der Waals surface area contributed by atoms with Crippen molar-refractivity contribution in [2.75, 3.05) is 31.1 Å². The van der Waals surface area contributed by atoms with Crippen molar-refractivity contribution in [1.82, 2.24) is 25.5 Å². The van der Waals surface area contributed by atoms with Gasteiger partial charge in [0.2, 0.25) is 6.39 Å². The molecule has 1 spiro atoms. The Morgan fingerprint density at radius 2 is 1.86 bits per heavy atom. The van der Waals surface area contributed by atoms with Crippen molar-refractivity contribution in [1.29, 1.82) is 0 Å². The van der Waals surface area contributed by atoms with Crippen LogP contribution in [0.25, 0.3) is 23.0 Å². The molecule has 4 heterocycles. The summed E-state index contributed by atoms with van der Waals surface area (Å²) >= 11 is 3.69. The number of alkyl halides is 2. The largest absolute Gasteiger partial charge is 0.422 e. The lowest BCUT2D eigenvalue weighted by Gasteiger charge is -2.34. The molecular formula is C25H27BrF2N6O. The number of benzene rings is 1. The first-order chi connectivity index (χ1) is 16.8. The first-order valence-electron chi connectivity index (χ1n) is 12.1. The van der Waals surface area contributed by atoms with Crippen LogP contribution >= 0.6 is 15.9 Å². The molecule has 10 heteroatoms. The summed E-state index contributed by atoms with van der Waals surface area (Å²) in [5.74, 6) is -1.27. The van der Waals surface area contributed by atoms with Gasteiger partial charge >= 0.3 is 0 Å². The fourth-order valence-electron chi connectivity index (χ4n) is 5.80. The van der Waals surface area contributed by atoms with Gasteiger partial charge in [0.05, 0.1) is 11.4 Å². The Hall–Kier alpha value is -2.46. The third-order valence-electron chi connectivity index (χ3n) is 7.80. The van der Waals surface area contributed by atoms with E-state index in [0.29, 0.717) is 34.2 Å². The van der Waals surface area contributed by atoms with Crippen LogP contribution in [0, 0.1) is 12.3 Å². The standard InChI is InChI=1S/C25H27BrF2N6O/c1-15-21(34-8-4-25(27,28)5-9-34)20(23-33-30-14-35-23)32-22(31-15)17-10-16(11-18(26)12-17)19-13-24(19)2-6-29-7-3-24/h10-12,14,19,29H,2-9,13H2,1H3. The molecule has 6 rings (SSSR count). The zero-order valence-electron chi connectivity index (χ0n) is 19.5. The molecule has 1 unspecified atom stereocenters. The molecule has 3 aromatic rings. The summed E-state index contributed by atoms with van der Waals surface area (Å²) in [6.45, 7) is 4.49. The van der Waals surface area contributed by atoms with Gasteiger partial charge in [-0.1, -0.05) is 15.9 Å². The number of halogens is 3. The molecule has 7 nitrogen and oxygen atoms in total. The van der Waals surface area contributed by atoms with Crippen LogP contribution in [0.1, 0.15) is 49.3 Å². The Labute approximate surface area is 210 Å². The fraction of sp³-hybridized carbons (Fsp3) is 0.520. The average Bonchev–Trinajstić information content (AvgIpc) is 3.25. The predicted octanol–water partition coefficient (Wildman–Crippen LogP) is 5.36. The predicted molar refractivity (Wildman–Crippen MR) is 131 cm³/mol. The van der Waals surface area contributed by atoms with Gasteiger partial charge in [0, 0.05) is 36.0 Å². The second kappa shape index (κ2) is 8.58. The van der Waals surface area contributed by atoms with Gasteiger partial charge in [-0.3, -0.25) is 0 Å².